The van der Waals surface area contributed by atoms with Crippen molar-refractivity contribution in [3.8, 4) is 0 Å². The molecule has 5 aliphatic rings. The first-order valence-electron chi connectivity index (χ1n) is 21.0. The van der Waals surface area contributed by atoms with Crippen molar-refractivity contribution >= 4 is 10.4 Å². The molecule has 7 N–H and O–H groups in total. The molecule has 292 valence electrons. The summed E-state index contributed by atoms with van der Waals surface area (Å²) in [5.74, 6) is 4.10. The normalized spacial score (nSPS) is 39.5. The summed E-state index contributed by atoms with van der Waals surface area (Å²) in [6.07, 6.45) is 18.1. The van der Waals surface area contributed by atoms with Gasteiger partial charge in [0.15, 0.2) is 0 Å². The van der Waals surface area contributed by atoms with Crippen molar-refractivity contribution in [1.29, 1.82) is 0 Å². The minimum Gasteiger partial charge on any atom is -0.393 e. The summed E-state index contributed by atoms with van der Waals surface area (Å²) in [6, 6.07) is 1.41. The number of aliphatic hydroxyl groups is 1. The van der Waals surface area contributed by atoms with Gasteiger partial charge in [-0.3, -0.25) is 4.55 Å². The number of unbranched alkanes of at least 4 members (excludes halogenated alkanes) is 1. The lowest BCUT2D eigenvalue weighted by atomic mass is 9.43. The monoisotopic (exact) mass is 725 g/mol. The van der Waals surface area contributed by atoms with E-state index in [-0.39, 0.29) is 17.4 Å². The lowest BCUT2D eigenvalue weighted by Crippen LogP contribution is -2.58. The van der Waals surface area contributed by atoms with E-state index in [2.05, 4.69) is 36.7 Å². The first-order chi connectivity index (χ1) is 23.8. The number of hydrogen-bond acceptors (Lipinski definition) is 8. The van der Waals surface area contributed by atoms with E-state index in [0.29, 0.717) is 59.4 Å². The zero-order chi connectivity index (χ0) is 36.1. The minimum atomic E-state index is -4.46. The Kier molecular flexibility index (Phi) is 14.6. The number of rotatable bonds is 21. The van der Waals surface area contributed by atoms with Crippen LogP contribution in [0.15, 0.2) is 0 Å². The second kappa shape index (κ2) is 17.9. The fourth-order valence-corrected chi connectivity index (χ4v) is 12.9. The van der Waals surface area contributed by atoms with Gasteiger partial charge in [-0.05, 0) is 194 Å². The van der Waals surface area contributed by atoms with Gasteiger partial charge in [-0.15, -0.1) is 0 Å². The van der Waals surface area contributed by atoms with Crippen molar-refractivity contribution in [1.82, 2.24) is 16.0 Å². The molecular weight excluding hydrogens is 649 g/mol. The van der Waals surface area contributed by atoms with Crippen LogP contribution in [0, 0.1) is 58.2 Å². The van der Waals surface area contributed by atoms with E-state index in [1.807, 2.05) is 13.8 Å². The van der Waals surface area contributed by atoms with Crippen molar-refractivity contribution in [2.24, 2.45) is 63.9 Å². The van der Waals surface area contributed by atoms with Gasteiger partial charge in [0.05, 0.1) is 12.2 Å². The molecule has 0 radical (unpaired) electrons. The van der Waals surface area contributed by atoms with Crippen molar-refractivity contribution < 1.29 is 22.3 Å². The number of fused-ring (bicyclic) bond motifs is 5. The Labute approximate surface area is 306 Å². The third-order valence-corrected chi connectivity index (χ3v) is 15.7. The summed E-state index contributed by atoms with van der Waals surface area (Å²) in [7, 11) is -4.46. The molecule has 0 aromatic carbocycles. The predicted molar refractivity (Wildman–Crippen MR) is 203 cm³/mol. The fraction of sp³-hybridized carbons (Fsp3) is 1.00. The molecule has 10 heteroatoms. The molecule has 5 rings (SSSR count). The smallest absolute Gasteiger partial charge is 0.393 e. The SMILES string of the molecule is CC(C)C(CC[C@@H](C)[C@H]1CC[C@H]2[C@H]3[C@H](O)C[C@H]4CC(CC5NC5CCCNCCCCNCCCN)CCC4(C)[C@H]3CC[C@]12C)OS(=O)(=O)O. The molecule has 4 aliphatic carbocycles. The number of nitrogens with two attached hydrogens (primary N) is 1. The molecule has 13 atom stereocenters. The third kappa shape index (κ3) is 10.0. The van der Waals surface area contributed by atoms with E-state index in [4.69, 9.17) is 9.92 Å². The van der Waals surface area contributed by atoms with Gasteiger partial charge in [-0.1, -0.05) is 34.6 Å². The maximum atomic E-state index is 11.9. The lowest BCUT2D eigenvalue weighted by molar-refractivity contribution is -0.169. The molecule has 1 heterocycles. The predicted octanol–water partition coefficient (Wildman–Crippen LogP) is 6.31. The van der Waals surface area contributed by atoms with E-state index in [1.54, 1.807) is 0 Å². The summed E-state index contributed by atoms with van der Waals surface area (Å²) in [6.45, 7) is 16.5. The molecule has 0 spiro atoms. The molecule has 1 aliphatic heterocycles. The molecule has 5 unspecified atom stereocenters. The van der Waals surface area contributed by atoms with Gasteiger partial charge in [-0.2, -0.15) is 8.42 Å². The zero-order valence-corrected chi connectivity index (χ0v) is 33.2. The Morgan fingerprint density at radius 2 is 1.52 bits per heavy atom. The minimum absolute atomic E-state index is 0.0161. The molecule has 0 bridgehead atoms. The van der Waals surface area contributed by atoms with Crippen LogP contribution in [0.1, 0.15) is 137 Å². The van der Waals surface area contributed by atoms with Crippen molar-refractivity contribution in [2.45, 2.75) is 162 Å². The van der Waals surface area contributed by atoms with Gasteiger partial charge in [-0.25, -0.2) is 4.18 Å². The average Bonchev–Trinajstić information content (AvgIpc) is 3.69. The fourth-order valence-electron chi connectivity index (χ4n) is 12.3. The molecule has 9 nitrogen and oxygen atoms in total. The summed E-state index contributed by atoms with van der Waals surface area (Å²) in [5.41, 5.74) is 6.12. The summed E-state index contributed by atoms with van der Waals surface area (Å²) in [4.78, 5) is 0. The number of aliphatic hydroxyl groups excluding tert-OH is 1. The highest BCUT2D eigenvalue weighted by Gasteiger charge is 2.63. The van der Waals surface area contributed by atoms with Crippen LogP contribution in [-0.4, -0.2) is 75.1 Å². The van der Waals surface area contributed by atoms with Crippen molar-refractivity contribution in [2.75, 3.05) is 32.7 Å². The van der Waals surface area contributed by atoms with Gasteiger partial charge in [0.2, 0.25) is 0 Å². The van der Waals surface area contributed by atoms with Gasteiger partial charge in [0, 0.05) is 12.1 Å². The number of nitrogens with one attached hydrogen (secondary N) is 3. The van der Waals surface area contributed by atoms with Crippen LogP contribution in [0.25, 0.3) is 0 Å². The molecule has 0 aromatic heterocycles. The van der Waals surface area contributed by atoms with Crippen LogP contribution in [0.3, 0.4) is 0 Å². The molecule has 1 saturated heterocycles. The third-order valence-electron chi connectivity index (χ3n) is 15.2. The Morgan fingerprint density at radius 1 is 0.860 bits per heavy atom. The lowest BCUT2D eigenvalue weighted by Gasteiger charge is -2.62. The molecule has 50 heavy (non-hydrogen) atoms. The Balaban J connectivity index is 1.05. The van der Waals surface area contributed by atoms with E-state index < -0.39 is 16.5 Å². The molecular formula is C40H76N4O5S. The largest absolute Gasteiger partial charge is 0.397 e. The van der Waals surface area contributed by atoms with Crippen LogP contribution >= 0.6 is 0 Å². The molecule has 4 saturated carbocycles. The van der Waals surface area contributed by atoms with Crippen molar-refractivity contribution in [3.05, 3.63) is 0 Å². The van der Waals surface area contributed by atoms with Crippen molar-refractivity contribution in [3.63, 3.8) is 0 Å². The quantitative estimate of drug-likeness (QED) is 0.0454. The van der Waals surface area contributed by atoms with E-state index in [1.165, 1.54) is 77.0 Å². The zero-order valence-electron chi connectivity index (χ0n) is 32.4. The average molecular weight is 725 g/mol. The second-order valence-electron chi connectivity index (χ2n) is 18.6. The maximum absolute atomic E-state index is 11.9. The van der Waals surface area contributed by atoms with Crippen LogP contribution in [-0.2, 0) is 14.6 Å². The van der Waals surface area contributed by atoms with Crippen LogP contribution < -0.4 is 21.7 Å². The molecule has 0 amide bonds. The van der Waals surface area contributed by atoms with Gasteiger partial charge in [0.25, 0.3) is 0 Å². The summed E-state index contributed by atoms with van der Waals surface area (Å²) < 4.78 is 37.3. The van der Waals surface area contributed by atoms with E-state index >= 15 is 0 Å². The van der Waals surface area contributed by atoms with Crippen LogP contribution in [0.4, 0.5) is 0 Å². The van der Waals surface area contributed by atoms with Crippen LogP contribution in [0.2, 0.25) is 0 Å². The summed E-state index contributed by atoms with van der Waals surface area (Å²) >= 11 is 0. The van der Waals surface area contributed by atoms with E-state index in [0.717, 1.165) is 57.9 Å². The second-order valence-corrected chi connectivity index (χ2v) is 19.7. The first kappa shape index (κ1) is 40.8. The highest BCUT2D eigenvalue weighted by Crippen LogP contribution is 2.69. The van der Waals surface area contributed by atoms with Gasteiger partial charge < -0.3 is 26.8 Å². The Bertz CT molecular complexity index is 1160. The molecule has 5 fully saturated rings. The van der Waals surface area contributed by atoms with Crippen LogP contribution in [0.5, 0.6) is 0 Å². The molecule has 0 aromatic rings. The highest BCUT2D eigenvalue weighted by molar-refractivity contribution is 7.80. The first-order valence-corrected chi connectivity index (χ1v) is 22.3. The Morgan fingerprint density at radius 3 is 2.20 bits per heavy atom. The summed E-state index contributed by atoms with van der Waals surface area (Å²) in [5, 5.41) is 22.8. The van der Waals surface area contributed by atoms with Gasteiger partial charge in [0.1, 0.15) is 0 Å². The van der Waals surface area contributed by atoms with Gasteiger partial charge >= 0.3 is 10.4 Å². The number of hydrogen-bond donors (Lipinski definition) is 6. The maximum Gasteiger partial charge on any atom is 0.397 e. The standard InChI is InChI=1S/C40H76N4O5S/c1-27(2)37(49-50(46,47)48)14-11-28(3)31-12-13-32-38-33(16-18-40(31,32)5)39(4)17-15-29(24-30(39)26-36(38)45)25-35-34(44-35)10-8-22-42-20-6-7-21-43-23-9-19-41/h27-38,42-45H,6-26,41H2,1-5H3,(H,46,47,48)/t28-,29?,30-,31-,32+,33+,34?,35?,36-,37?,38-,39?,40-/m1/s1. The van der Waals surface area contributed by atoms with E-state index in [9.17, 15) is 18.1 Å². The Hall–Kier alpha value is -0.330. The highest BCUT2D eigenvalue weighted by atomic mass is 32.3. The topological polar surface area (TPSA) is 156 Å².